The van der Waals surface area contributed by atoms with Gasteiger partial charge in [0.05, 0.1) is 4.88 Å². The number of fused-ring (bicyclic) bond motifs is 2. The molecule has 0 fully saturated rings. The number of carbonyl (C=O) groups excluding carboxylic acids is 1. The van der Waals surface area contributed by atoms with Crippen molar-refractivity contribution in [3.05, 3.63) is 77.2 Å². The van der Waals surface area contributed by atoms with Gasteiger partial charge in [-0.05, 0) is 22.9 Å². The van der Waals surface area contributed by atoms with Crippen molar-refractivity contribution in [2.24, 2.45) is 0 Å². The quantitative estimate of drug-likeness (QED) is 0.451. The lowest BCUT2D eigenvalue weighted by Crippen LogP contribution is -2.14. The van der Waals surface area contributed by atoms with Crippen LogP contribution in [0, 0.1) is 0 Å². The zero-order valence-electron chi connectivity index (χ0n) is 13.5. The second-order valence-electron chi connectivity index (χ2n) is 5.86. The Kier molecular flexibility index (Phi) is 3.58. The van der Waals surface area contributed by atoms with E-state index in [-0.39, 0.29) is 5.91 Å². The molecule has 5 rings (SSSR count). The molecule has 0 saturated heterocycles. The summed E-state index contributed by atoms with van der Waals surface area (Å²) in [7, 11) is 0. The summed E-state index contributed by atoms with van der Waals surface area (Å²) < 4.78 is 1.86. The number of benzene rings is 2. The largest absolute Gasteiger partial charge is 0.320 e. The molecule has 4 nitrogen and oxygen atoms in total. The summed E-state index contributed by atoms with van der Waals surface area (Å²) in [6, 6.07) is 18.0. The Morgan fingerprint density at radius 2 is 1.88 bits per heavy atom. The van der Waals surface area contributed by atoms with E-state index in [1.54, 1.807) is 11.3 Å². The predicted octanol–water partition coefficient (Wildman–Crippen LogP) is 5.53. The molecule has 3 heterocycles. The molecular weight excluding hydrogens is 362 g/mol. The van der Waals surface area contributed by atoms with E-state index in [9.17, 15) is 4.79 Å². The summed E-state index contributed by atoms with van der Waals surface area (Å²) in [6.45, 7) is 0. The number of nitrogens with zero attached hydrogens (tertiary/aromatic N) is 2. The Morgan fingerprint density at radius 1 is 1.00 bits per heavy atom. The molecule has 0 aliphatic carbocycles. The minimum Gasteiger partial charge on any atom is -0.320 e. The molecule has 0 bridgehead atoms. The zero-order chi connectivity index (χ0) is 17.5. The highest BCUT2D eigenvalue weighted by Crippen LogP contribution is 2.28. The van der Waals surface area contributed by atoms with Crippen molar-refractivity contribution in [1.29, 1.82) is 0 Å². The summed E-state index contributed by atoms with van der Waals surface area (Å²) in [5.41, 5.74) is 2.30. The average Bonchev–Trinajstić information content (AvgIpc) is 3.38. The van der Waals surface area contributed by atoms with Gasteiger partial charge < -0.3 is 5.32 Å². The van der Waals surface area contributed by atoms with Gasteiger partial charge >= 0.3 is 0 Å². The lowest BCUT2D eigenvalue weighted by atomic mass is 10.1. The number of imidazole rings is 1. The Morgan fingerprint density at radius 3 is 2.77 bits per heavy atom. The van der Waals surface area contributed by atoms with E-state index >= 15 is 0 Å². The molecule has 0 aliphatic rings. The number of thiophene rings is 1. The van der Waals surface area contributed by atoms with E-state index in [0.29, 0.717) is 5.69 Å². The van der Waals surface area contributed by atoms with Gasteiger partial charge in [0.25, 0.3) is 5.91 Å². The third kappa shape index (κ3) is 2.51. The lowest BCUT2D eigenvalue weighted by molar-refractivity contribution is 0.102. The maximum absolute atomic E-state index is 12.9. The molecule has 0 unspecified atom stereocenters. The van der Waals surface area contributed by atoms with Gasteiger partial charge in [-0.15, -0.1) is 22.7 Å². The monoisotopic (exact) mass is 375 g/mol. The first-order chi connectivity index (χ1) is 12.8. The highest BCUT2D eigenvalue weighted by molar-refractivity contribution is 7.15. The third-order valence-corrected chi connectivity index (χ3v) is 5.99. The summed E-state index contributed by atoms with van der Waals surface area (Å²) in [5, 5.41) is 9.05. The summed E-state index contributed by atoms with van der Waals surface area (Å²) >= 11 is 3.11. The van der Waals surface area contributed by atoms with Gasteiger partial charge in [-0.3, -0.25) is 9.20 Å². The molecule has 0 aliphatic heterocycles. The van der Waals surface area contributed by atoms with Crippen LogP contribution in [0.25, 0.3) is 26.3 Å². The van der Waals surface area contributed by atoms with Crippen LogP contribution < -0.4 is 5.32 Å². The van der Waals surface area contributed by atoms with Gasteiger partial charge in [0.15, 0.2) is 4.96 Å². The minimum absolute atomic E-state index is 0.136. The van der Waals surface area contributed by atoms with Crippen LogP contribution >= 0.6 is 22.7 Å². The number of aromatic nitrogens is 2. The van der Waals surface area contributed by atoms with Crippen molar-refractivity contribution >= 4 is 50.0 Å². The molecule has 0 atom stereocenters. The van der Waals surface area contributed by atoms with Crippen molar-refractivity contribution < 1.29 is 4.79 Å². The highest BCUT2D eigenvalue weighted by atomic mass is 32.1. The molecule has 1 amide bonds. The average molecular weight is 375 g/mol. The summed E-state index contributed by atoms with van der Waals surface area (Å²) in [4.78, 5) is 19.4. The van der Waals surface area contributed by atoms with Crippen LogP contribution in [0.3, 0.4) is 0 Å². The maximum Gasteiger partial charge on any atom is 0.273 e. The van der Waals surface area contributed by atoms with E-state index in [1.165, 1.54) is 11.3 Å². The fraction of sp³-hybridized carbons (Fsp3) is 0. The number of hydrogen-bond acceptors (Lipinski definition) is 4. The van der Waals surface area contributed by atoms with Gasteiger partial charge in [0.2, 0.25) is 0 Å². The first kappa shape index (κ1) is 15.3. The lowest BCUT2D eigenvalue weighted by Gasteiger charge is -2.08. The van der Waals surface area contributed by atoms with Gasteiger partial charge in [0, 0.05) is 22.7 Å². The Labute approximate surface area is 157 Å². The molecule has 5 aromatic rings. The number of thiazole rings is 1. The van der Waals surface area contributed by atoms with Gasteiger partial charge in [0.1, 0.15) is 11.4 Å². The second kappa shape index (κ2) is 6.09. The van der Waals surface area contributed by atoms with Crippen LogP contribution in [-0.2, 0) is 0 Å². The zero-order valence-corrected chi connectivity index (χ0v) is 15.2. The number of carbonyl (C=O) groups is 1. The number of nitrogens with one attached hydrogen (secondary N) is 1. The topological polar surface area (TPSA) is 46.4 Å². The van der Waals surface area contributed by atoms with E-state index in [4.69, 9.17) is 0 Å². The van der Waals surface area contributed by atoms with Gasteiger partial charge in [-0.2, -0.15) is 0 Å². The maximum atomic E-state index is 12.9. The van der Waals surface area contributed by atoms with Crippen molar-refractivity contribution in [2.45, 2.75) is 0 Å². The molecule has 126 valence electrons. The highest BCUT2D eigenvalue weighted by Gasteiger charge is 2.16. The predicted molar refractivity (Wildman–Crippen MR) is 108 cm³/mol. The minimum atomic E-state index is -0.136. The molecule has 0 spiro atoms. The van der Waals surface area contributed by atoms with Crippen molar-refractivity contribution in [1.82, 2.24) is 9.38 Å². The van der Waals surface area contributed by atoms with Crippen molar-refractivity contribution in [2.75, 3.05) is 5.32 Å². The first-order valence-corrected chi connectivity index (χ1v) is 9.85. The molecule has 6 heteroatoms. The van der Waals surface area contributed by atoms with Crippen LogP contribution in [0.5, 0.6) is 0 Å². The van der Waals surface area contributed by atoms with Crippen molar-refractivity contribution in [3.8, 4) is 10.6 Å². The first-order valence-electron chi connectivity index (χ1n) is 8.09. The number of rotatable bonds is 3. The van der Waals surface area contributed by atoms with Gasteiger partial charge in [-0.1, -0.05) is 42.5 Å². The third-order valence-electron chi connectivity index (χ3n) is 4.25. The Hall–Kier alpha value is -2.96. The van der Waals surface area contributed by atoms with Crippen LogP contribution in [-0.4, -0.2) is 15.3 Å². The standard InChI is InChI=1S/C20H13N3OS2/c24-19(21-15-8-3-6-13-5-1-2-7-14(13)15)17-12-26-20-22-16(11-23(17)20)18-9-4-10-25-18/h1-12H,(H,21,24). The molecule has 2 aromatic carbocycles. The normalized spacial score (nSPS) is 11.2. The van der Waals surface area contributed by atoms with E-state index in [1.807, 2.05) is 76.0 Å². The summed E-state index contributed by atoms with van der Waals surface area (Å²) in [6.07, 6.45) is 1.93. The van der Waals surface area contributed by atoms with E-state index in [0.717, 1.165) is 32.0 Å². The summed E-state index contributed by atoms with van der Waals surface area (Å²) in [5.74, 6) is -0.136. The number of anilines is 1. The molecule has 0 saturated carbocycles. The fourth-order valence-corrected chi connectivity index (χ4v) is 4.54. The molecule has 26 heavy (non-hydrogen) atoms. The van der Waals surface area contributed by atoms with Crippen LogP contribution in [0.15, 0.2) is 71.6 Å². The van der Waals surface area contributed by atoms with Crippen LogP contribution in [0.1, 0.15) is 10.5 Å². The Bertz CT molecular complexity index is 1230. The van der Waals surface area contributed by atoms with E-state index in [2.05, 4.69) is 10.3 Å². The number of amides is 1. The molecule has 3 aromatic heterocycles. The fourth-order valence-electron chi connectivity index (χ4n) is 3.01. The smallest absolute Gasteiger partial charge is 0.273 e. The molecule has 0 radical (unpaired) electrons. The van der Waals surface area contributed by atoms with Crippen molar-refractivity contribution in [3.63, 3.8) is 0 Å². The number of hydrogen-bond donors (Lipinski definition) is 1. The van der Waals surface area contributed by atoms with Gasteiger partial charge in [-0.25, -0.2) is 4.98 Å². The molecular formula is C20H13N3OS2. The second-order valence-corrected chi connectivity index (χ2v) is 7.64. The SMILES string of the molecule is O=C(Nc1cccc2ccccc12)c1csc2nc(-c3cccs3)cn12. The molecule has 1 N–H and O–H groups in total. The van der Waals surface area contributed by atoms with E-state index < -0.39 is 0 Å². The van der Waals surface area contributed by atoms with Crippen LogP contribution in [0.2, 0.25) is 0 Å². The van der Waals surface area contributed by atoms with Crippen LogP contribution in [0.4, 0.5) is 5.69 Å². The Balaban J connectivity index is 1.52.